The smallest absolute Gasteiger partial charge is 0.407 e. The van der Waals surface area contributed by atoms with Gasteiger partial charge in [0.1, 0.15) is 23.8 Å². The Kier molecular flexibility index (Phi) is 9.99. The van der Waals surface area contributed by atoms with Crippen LogP contribution in [0.25, 0.3) is 0 Å². The molecule has 1 saturated heterocycles. The van der Waals surface area contributed by atoms with Gasteiger partial charge in [-0.05, 0) is 73.1 Å². The van der Waals surface area contributed by atoms with E-state index in [1.165, 1.54) is 29.2 Å². The van der Waals surface area contributed by atoms with E-state index in [0.29, 0.717) is 37.7 Å². The van der Waals surface area contributed by atoms with Crippen LogP contribution in [0, 0.1) is 11.7 Å². The zero-order valence-electron chi connectivity index (χ0n) is 23.2. The van der Waals surface area contributed by atoms with Crippen molar-refractivity contribution >= 4 is 12.0 Å². The second kappa shape index (κ2) is 13.4. The van der Waals surface area contributed by atoms with Crippen LogP contribution in [0.15, 0.2) is 42.5 Å². The van der Waals surface area contributed by atoms with E-state index in [9.17, 15) is 24.2 Å². The Morgan fingerprint density at radius 3 is 2.40 bits per heavy atom. The Bertz CT molecular complexity index is 1130. The highest BCUT2D eigenvalue weighted by Gasteiger charge is 2.50. The monoisotopic (exact) mass is 558 g/mol. The number of piperidine rings is 1. The number of ether oxygens (including phenoxy) is 3. The van der Waals surface area contributed by atoms with Crippen molar-refractivity contribution in [3.63, 3.8) is 0 Å². The largest absolute Gasteiger partial charge is 0.491 e. The van der Waals surface area contributed by atoms with Gasteiger partial charge >= 0.3 is 6.09 Å². The Morgan fingerprint density at radius 2 is 1.75 bits per heavy atom. The van der Waals surface area contributed by atoms with Gasteiger partial charge in [0.2, 0.25) is 5.91 Å². The molecule has 4 rings (SSSR count). The number of nitrogens with zero attached hydrogens (tertiary/aromatic N) is 2. The molecule has 1 aliphatic heterocycles. The van der Waals surface area contributed by atoms with E-state index >= 15 is 0 Å². The van der Waals surface area contributed by atoms with Gasteiger partial charge in [0.25, 0.3) is 0 Å². The second-order valence-electron chi connectivity index (χ2n) is 10.6. The summed E-state index contributed by atoms with van der Waals surface area (Å²) in [4.78, 5) is 29.0. The Morgan fingerprint density at radius 1 is 1.05 bits per heavy atom. The first-order valence-electron chi connectivity index (χ1n) is 13.8. The van der Waals surface area contributed by atoms with E-state index in [0.717, 1.165) is 36.8 Å². The van der Waals surface area contributed by atoms with E-state index in [4.69, 9.17) is 14.2 Å². The van der Waals surface area contributed by atoms with Crippen LogP contribution in [-0.4, -0.2) is 85.2 Å². The maximum Gasteiger partial charge on any atom is 0.407 e. The number of halogens is 1. The number of likely N-dealkylation sites (tertiary alicyclic amines) is 1. The van der Waals surface area contributed by atoms with Gasteiger partial charge < -0.3 is 34.2 Å². The molecule has 0 radical (unpaired) electrons. The molecule has 1 saturated carbocycles. The number of benzene rings is 2. The molecule has 1 heterocycles. The highest BCUT2D eigenvalue weighted by molar-refractivity contribution is 5.82. The Balaban J connectivity index is 1.63. The van der Waals surface area contributed by atoms with Gasteiger partial charge in [-0.25, -0.2) is 9.18 Å². The molecule has 2 aromatic carbocycles. The summed E-state index contributed by atoms with van der Waals surface area (Å²) in [7, 11) is 3.28. The van der Waals surface area contributed by atoms with Gasteiger partial charge in [-0.1, -0.05) is 18.2 Å². The van der Waals surface area contributed by atoms with E-state index in [1.54, 1.807) is 19.1 Å². The SMILES string of the molecule is COCCCc1cc(CN(C(=O)[C@H]2CN(C(=O)O)CC[C@]2(O)c2ccc(F)cc2)C2CC2)cc(OCCOC)c1. The zero-order chi connectivity index (χ0) is 28.7. The molecule has 218 valence electrons. The molecule has 10 heteroatoms. The normalized spacial score (nSPS) is 20.8. The topological polar surface area (TPSA) is 109 Å². The van der Waals surface area contributed by atoms with Crippen LogP contribution in [0.4, 0.5) is 9.18 Å². The predicted octanol–water partition coefficient (Wildman–Crippen LogP) is 3.81. The lowest BCUT2D eigenvalue weighted by molar-refractivity contribution is -0.154. The maximum absolute atomic E-state index is 14.2. The Labute approximate surface area is 234 Å². The Hall–Kier alpha value is -3.21. The molecule has 0 bridgehead atoms. The number of aryl methyl sites for hydroxylation is 1. The van der Waals surface area contributed by atoms with Gasteiger partial charge in [0, 0.05) is 46.5 Å². The van der Waals surface area contributed by atoms with Crippen molar-refractivity contribution in [3.05, 3.63) is 65.0 Å². The zero-order valence-corrected chi connectivity index (χ0v) is 23.2. The molecule has 2 aromatic rings. The third kappa shape index (κ3) is 7.30. The van der Waals surface area contributed by atoms with Crippen LogP contribution in [0.2, 0.25) is 0 Å². The maximum atomic E-state index is 14.2. The summed E-state index contributed by atoms with van der Waals surface area (Å²) in [5.74, 6) is -1.12. The molecule has 0 aromatic heterocycles. The lowest BCUT2D eigenvalue weighted by Gasteiger charge is -2.45. The van der Waals surface area contributed by atoms with Crippen LogP contribution in [0.3, 0.4) is 0 Å². The quantitative estimate of drug-likeness (QED) is 0.360. The van der Waals surface area contributed by atoms with Gasteiger partial charge in [-0.3, -0.25) is 4.79 Å². The van der Waals surface area contributed by atoms with Crippen molar-refractivity contribution in [2.75, 3.05) is 47.1 Å². The van der Waals surface area contributed by atoms with Crippen molar-refractivity contribution in [3.8, 4) is 5.75 Å². The van der Waals surface area contributed by atoms with Crippen molar-refractivity contribution < 1.29 is 38.4 Å². The van der Waals surface area contributed by atoms with Gasteiger partial charge in [0.05, 0.1) is 12.5 Å². The molecule has 2 atom stereocenters. The molecule has 2 aliphatic rings. The minimum Gasteiger partial charge on any atom is -0.491 e. The van der Waals surface area contributed by atoms with Crippen molar-refractivity contribution in [2.24, 2.45) is 5.92 Å². The van der Waals surface area contributed by atoms with Crippen LogP contribution in [0.1, 0.15) is 42.4 Å². The van der Waals surface area contributed by atoms with Crippen molar-refractivity contribution in [1.82, 2.24) is 9.80 Å². The predicted molar refractivity (Wildman–Crippen MR) is 146 cm³/mol. The number of hydrogen-bond donors (Lipinski definition) is 2. The fraction of sp³-hybridized carbons (Fsp3) is 0.533. The molecule has 1 aliphatic carbocycles. The van der Waals surface area contributed by atoms with Crippen LogP contribution < -0.4 is 4.74 Å². The summed E-state index contributed by atoms with van der Waals surface area (Å²) in [6.07, 6.45) is 2.17. The lowest BCUT2D eigenvalue weighted by Crippen LogP contribution is -2.57. The third-order valence-electron chi connectivity index (χ3n) is 7.67. The molecule has 0 spiro atoms. The van der Waals surface area contributed by atoms with Crippen LogP contribution in [-0.2, 0) is 32.8 Å². The summed E-state index contributed by atoms with van der Waals surface area (Å²) >= 11 is 0. The van der Waals surface area contributed by atoms with Crippen molar-refractivity contribution in [1.29, 1.82) is 0 Å². The number of rotatable bonds is 13. The third-order valence-corrected chi connectivity index (χ3v) is 7.67. The van der Waals surface area contributed by atoms with E-state index in [-0.39, 0.29) is 31.5 Å². The molecule has 2 amide bonds. The fourth-order valence-electron chi connectivity index (χ4n) is 5.36. The number of aliphatic hydroxyl groups is 1. The minimum absolute atomic E-state index is 0.000166. The van der Waals surface area contributed by atoms with Gasteiger partial charge in [0.15, 0.2) is 0 Å². The number of carbonyl (C=O) groups is 2. The molecule has 40 heavy (non-hydrogen) atoms. The molecule has 0 unspecified atom stereocenters. The highest BCUT2D eigenvalue weighted by Crippen LogP contribution is 2.41. The molecule has 2 N–H and O–H groups in total. The van der Waals surface area contributed by atoms with Crippen LogP contribution >= 0.6 is 0 Å². The second-order valence-corrected chi connectivity index (χ2v) is 10.6. The highest BCUT2D eigenvalue weighted by atomic mass is 19.1. The number of carbonyl (C=O) groups excluding carboxylic acids is 1. The number of hydrogen-bond acceptors (Lipinski definition) is 6. The lowest BCUT2D eigenvalue weighted by atomic mass is 9.75. The molecular weight excluding hydrogens is 519 g/mol. The summed E-state index contributed by atoms with van der Waals surface area (Å²) in [5, 5.41) is 21.6. The van der Waals surface area contributed by atoms with E-state index < -0.39 is 23.4 Å². The molecular formula is C30H39FN2O7. The summed E-state index contributed by atoms with van der Waals surface area (Å²) in [6, 6.07) is 11.4. The summed E-state index contributed by atoms with van der Waals surface area (Å²) in [6.45, 7) is 1.68. The van der Waals surface area contributed by atoms with E-state index in [2.05, 4.69) is 6.07 Å². The first kappa shape index (κ1) is 29.8. The fourth-order valence-corrected chi connectivity index (χ4v) is 5.36. The number of methoxy groups -OCH3 is 2. The first-order valence-corrected chi connectivity index (χ1v) is 13.8. The average molecular weight is 559 g/mol. The molecule has 9 nitrogen and oxygen atoms in total. The summed E-state index contributed by atoms with van der Waals surface area (Å²) < 4.78 is 29.9. The molecule has 2 fully saturated rings. The standard InChI is InChI=1S/C30H39FN2O7/c1-38-13-3-4-21-16-22(18-26(17-21)40-15-14-39-2)19-33(25-9-10-25)28(34)27-20-32(29(35)36)12-11-30(27,37)23-5-7-24(31)8-6-23/h5-8,16-18,25,27,37H,3-4,9-15,19-20H2,1-2H3,(H,35,36)/t27-,30+/m1/s1. The summed E-state index contributed by atoms with van der Waals surface area (Å²) in [5.41, 5.74) is 0.726. The van der Waals surface area contributed by atoms with Crippen LogP contribution in [0.5, 0.6) is 5.75 Å². The van der Waals surface area contributed by atoms with E-state index in [1.807, 2.05) is 12.1 Å². The minimum atomic E-state index is -1.62. The van der Waals surface area contributed by atoms with Gasteiger partial charge in [-0.2, -0.15) is 0 Å². The van der Waals surface area contributed by atoms with Gasteiger partial charge in [-0.15, -0.1) is 0 Å². The van der Waals surface area contributed by atoms with Crippen molar-refractivity contribution in [2.45, 2.75) is 50.3 Å². The number of carboxylic acid groups (broad SMARTS) is 1. The average Bonchev–Trinajstić information content (AvgIpc) is 3.77. The number of amides is 2. The first-order chi connectivity index (χ1) is 19.2.